The SMILES string of the molecule is O=C(Nc1ccc(C(F)(F)F)cc1)c1cnc(Cl)cc1NS(=O)(=O)C(F)(F)F. The third-order valence-electron chi connectivity index (χ3n) is 3.13. The quantitative estimate of drug-likeness (QED) is 0.541. The molecular formula is C14H8ClF6N3O3S. The van der Waals surface area contributed by atoms with E-state index in [2.05, 4.69) is 10.3 Å². The zero-order valence-electron chi connectivity index (χ0n) is 13.2. The molecule has 2 rings (SSSR count). The van der Waals surface area contributed by atoms with Crippen LogP contribution in [0.2, 0.25) is 5.15 Å². The fraction of sp³-hybridized carbons (Fsp3) is 0.143. The Balaban J connectivity index is 2.31. The number of halogens is 7. The lowest BCUT2D eigenvalue weighted by molar-refractivity contribution is -0.137. The van der Waals surface area contributed by atoms with Gasteiger partial charge >= 0.3 is 21.7 Å². The molecule has 28 heavy (non-hydrogen) atoms. The van der Waals surface area contributed by atoms with E-state index in [0.29, 0.717) is 24.4 Å². The average molecular weight is 448 g/mol. The molecule has 152 valence electrons. The number of alkyl halides is 6. The van der Waals surface area contributed by atoms with Crippen LogP contribution in [-0.2, 0) is 16.2 Å². The molecule has 0 saturated heterocycles. The van der Waals surface area contributed by atoms with Crippen molar-refractivity contribution in [3.05, 3.63) is 52.8 Å². The minimum Gasteiger partial charge on any atom is -0.322 e. The first-order chi connectivity index (χ1) is 12.7. The van der Waals surface area contributed by atoms with Crippen molar-refractivity contribution in [3.63, 3.8) is 0 Å². The van der Waals surface area contributed by atoms with Gasteiger partial charge in [-0.05, 0) is 24.3 Å². The predicted molar refractivity (Wildman–Crippen MR) is 87.2 cm³/mol. The Kier molecular flexibility index (Phi) is 5.80. The summed E-state index contributed by atoms with van der Waals surface area (Å²) in [5.41, 5.74) is -8.24. The minimum absolute atomic E-state index is 0.127. The standard InChI is InChI=1S/C14H8ClF6N3O3S/c15-11-5-10(24-28(26,27)14(19,20)21)9(6-22-11)12(25)23-8-3-1-7(2-4-8)13(16,17)18/h1-6H,(H,22,24)(H,23,25). The molecule has 0 unspecified atom stereocenters. The van der Waals surface area contributed by atoms with E-state index in [0.717, 1.165) is 12.1 Å². The molecule has 14 heteroatoms. The Morgan fingerprint density at radius 1 is 1.04 bits per heavy atom. The molecule has 1 heterocycles. The first-order valence-electron chi connectivity index (χ1n) is 6.94. The third kappa shape index (κ3) is 5.04. The number of hydrogen-bond donors (Lipinski definition) is 2. The normalized spacial score (nSPS) is 12.5. The highest BCUT2D eigenvalue weighted by molar-refractivity contribution is 7.93. The van der Waals surface area contributed by atoms with Gasteiger partial charge in [0.1, 0.15) is 5.15 Å². The van der Waals surface area contributed by atoms with Crippen LogP contribution in [0.5, 0.6) is 0 Å². The first-order valence-corrected chi connectivity index (χ1v) is 8.80. The molecule has 0 aliphatic carbocycles. The molecule has 0 aliphatic heterocycles. The van der Waals surface area contributed by atoms with Gasteiger partial charge in [0.05, 0.1) is 16.8 Å². The molecule has 1 aromatic heterocycles. The number of benzene rings is 1. The second-order valence-corrected chi connectivity index (χ2v) is 7.19. The second-order valence-electron chi connectivity index (χ2n) is 5.13. The van der Waals surface area contributed by atoms with E-state index in [4.69, 9.17) is 11.6 Å². The number of carbonyl (C=O) groups is 1. The second kappa shape index (κ2) is 7.47. The summed E-state index contributed by atoms with van der Waals surface area (Å²) in [4.78, 5) is 15.7. The number of pyridine rings is 1. The highest BCUT2D eigenvalue weighted by atomic mass is 35.5. The van der Waals surface area contributed by atoms with Crippen LogP contribution in [0.4, 0.5) is 37.7 Å². The van der Waals surface area contributed by atoms with Gasteiger partial charge in [0.15, 0.2) is 0 Å². The zero-order valence-corrected chi connectivity index (χ0v) is 14.8. The van der Waals surface area contributed by atoms with Crippen molar-refractivity contribution in [2.75, 3.05) is 10.0 Å². The van der Waals surface area contributed by atoms with Crippen molar-refractivity contribution in [1.82, 2.24) is 4.98 Å². The maximum atomic E-state index is 12.5. The lowest BCUT2D eigenvalue weighted by Crippen LogP contribution is -2.31. The molecule has 0 aliphatic rings. The summed E-state index contributed by atoms with van der Waals surface area (Å²) in [5.74, 6) is -1.14. The monoisotopic (exact) mass is 447 g/mol. The minimum atomic E-state index is -5.86. The van der Waals surface area contributed by atoms with Crippen LogP contribution in [0.1, 0.15) is 15.9 Å². The number of nitrogens with zero attached hydrogens (tertiary/aromatic N) is 1. The summed E-state index contributed by atoms with van der Waals surface area (Å²) in [5, 5.41) is 1.70. The van der Waals surface area contributed by atoms with Crippen LogP contribution in [0.25, 0.3) is 0 Å². The largest absolute Gasteiger partial charge is 0.516 e. The summed E-state index contributed by atoms with van der Waals surface area (Å²) in [6.07, 6.45) is -3.90. The lowest BCUT2D eigenvalue weighted by Gasteiger charge is -2.14. The number of anilines is 2. The molecular weight excluding hydrogens is 440 g/mol. The van der Waals surface area contributed by atoms with Crippen LogP contribution < -0.4 is 10.0 Å². The predicted octanol–water partition coefficient (Wildman–Crippen LogP) is 4.27. The molecule has 0 fully saturated rings. The Hall–Kier alpha value is -2.54. The number of carbonyl (C=O) groups excluding carboxylic acids is 1. The Bertz CT molecular complexity index is 991. The van der Waals surface area contributed by atoms with Crippen molar-refractivity contribution >= 4 is 38.9 Å². The number of amides is 1. The van der Waals surface area contributed by atoms with E-state index in [1.807, 2.05) is 0 Å². The van der Waals surface area contributed by atoms with Gasteiger partial charge in [0.25, 0.3) is 5.91 Å². The van der Waals surface area contributed by atoms with Crippen LogP contribution >= 0.6 is 11.6 Å². The maximum Gasteiger partial charge on any atom is 0.516 e. The van der Waals surface area contributed by atoms with Crippen LogP contribution in [0.3, 0.4) is 0 Å². The van der Waals surface area contributed by atoms with Crippen molar-refractivity contribution in [1.29, 1.82) is 0 Å². The van der Waals surface area contributed by atoms with Crippen molar-refractivity contribution in [2.24, 2.45) is 0 Å². The number of aromatic nitrogens is 1. The number of nitrogens with one attached hydrogen (secondary N) is 2. The summed E-state index contributed by atoms with van der Waals surface area (Å²) >= 11 is 5.52. The Morgan fingerprint density at radius 3 is 2.11 bits per heavy atom. The van der Waals surface area contributed by atoms with Crippen molar-refractivity contribution in [3.8, 4) is 0 Å². The Labute approximate surface area is 158 Å². The van der Waals surface area contributed by atoms with Crippen LogP contribution in [0, 0.1) is 0 Å². The molecule has 0 atom stereocenters. The van der Waals surface area contributed by atoms with Crippen molar-refractivity contribution in [2.45, 2.75) is 11.7 Å². The van der Waals surface area contributed by atoms with E-state index in [9.17, 15) is 39.6 Å². The molecule has 1 aromatic carbocycles. The van der Waals surface area contributed by atoms with Gasteiger partial charge in [-0.2, -0.15) is 34.8 Å². The van der Waals surface area contributed by atoms with Gasteiger partial charge in [-0.25, -0.2) is 4.98 Å². The summed E-state index contributed by atoms with van der Waals surface area (Å²) in [7, 11) is -5.86. The molecule has 0 saturated carbocycles. The van der Waals surface area contributed by atoms with Gasteiger partial charge in [-0.3, -0.25) is 9.52 Å². The molecule has 0 bridgehead atoms. The molecule has 0 spiro atoms. The maximum absolute atomic E-state index is 12.5. The molecule has 2 aromatic rings. The van der Waals surface area contributed by atoms with Gasteiger partial charge in [-0.1, -0.05) is 11.6 Å². The average Bonchev–Trinajstić information content (AvgIpc) is 2.53. The highest BCUT2D eigenvalue weighted by Crippen LogP contribution is 2.31. The number of hydrogen-bond acceptors (Lipinski definition) is 4. The van der Waals surface area contributed by atoms with E-state index >= 15 is 0 Å². The fourth-order valence-corrected chi connectivity index (χ4v) is 2.57. The van der Waals surface area contributed by atoms with E-state index < -0.39 is 49.6 Å². The fourth-order valence-electron chi connectivity index (χ4n) is 1.84. The summed E-state index contributed by atoms with van der Waals surface area (Å²) in [6, 6.07) is 3.83. The van der Waals surface area contributed by atoms with Crippen LogP contribution in [0.15, 0.2) is 36.5 Å². The van der Waals surface area contributed by atoms with Gasteiger partial charge in [-0.15, -0.1) is 0 Å². The van der Waals surface area contributed by atoms with Crippen molar-refractivity contribution < 1.29 is 39.6 Å². The first kappa shape index (κ1) is 21.8. The zero-order chi connectivity index (χ0) is 21.3. The van der Waals surface area contributed by atoms with E-state index in [1.165, 1.54) is 4.72 Å². The highest BCUT2D eigenvalue weighted by Gasteiger charge is 2.46. The number of rotatable bonds is 4. The third-order valence-corrected chi connectivity index (χ3v) is 4.44. The summed E-state index contributed by atoms with van der Waals surface area (Å²) in [6.45, 7) is 0. The lowest BCUT2D eigenvalue weighted by atomic mass is 10.2. The van der Waals surface area contributed by atoms with Gasteiger partial charge in [0, 0.05) is 18.0 Å². The topological polar surface area (TPSA) is 88.2 Å². The van der Waals surface area contributed by atoms with E-state index in [1.54, 1.807) is 0 Å². The van der Waals surface area contributed by atoms with E-state index in [-0.39, 0.29) is 5.69 Å². The molecule has 6 nitrogen and oxygen atoms in total. The van der Waals surface area contributed by atoms with Gasteiger partial charge in [0.2, 0.25) is 0 Å². The molecule has 0 radical (unpaired) electrons. The number of sulfonamides is 1. The molecule has 2 N–H and O–H groups in total. The summed E-state index contributed by atoms with van der Waals surface area (Å²) < 4.78 is 98.9. The van der Waals surface area contributed by atoms with Crippen LogP contribution in [-0.4, -0.2) is 24.8 Å². The smallest absolute Gasteiger partial charge is 0.322 e. The Morgan fingerprint density at radius 2 is 1.61 bits per heavy atom. The van der Waals surface area contributed by atoms with Gasteiger partial charge < -0.3 is 5.32 Å². The molecule has 1 amide bonds.